The minimum absolute atomic E-state index is 0.183. The molecule has 1 fully saturated rings. The van der Waals surface area contributed by atoms with Gasteiger partial charge in [-0.15, -0.1) is 0 Å². The summed E-state index contributed by atoms with van der Waals surface area (Å²) in [7, 11) is 0. The largest absolute Gasteiger partial charge is 0.326 e. The lowest BCUT2D eigenvalue weighted by molar-refractivity contribution is -0.0227. The number of nitrogens with two attached hydrogens (primary N) is 1. The van der Waals surface area contributed by atoms with Crippen LogP contribution in [0.3, 0.4) is 0 Å². The summed E-state index contributed by atoms with van der Waals surface area (Å²) in [5, 5.41) is 0. The van der Waals surface area contributed by atoms with Crippen LogP contribution in [0.25, 0.3) is 0 Å². The minimum Gasteiger partial charge on any atom is -0.326 e. The number of halogens is 2. The summed E-state index contributed by atoms with van der Waals surface area (Å²) in [6, 6.07) is 4.92. The van der Waals surface area contributed by atoms with Gasteiger partial charge in [0, 0.05) is 31.7 Å². The Morgan fingerprint density at radius 3 is 2.69 bits per heavy atom. The van der Waals surface area contributed by atoms with E-state index in [9.17, 15) is 8.78 Å². The van der Waals surface area contributed by atoms with Gasteiger partial charge in [0.25, 0.3) is 0 Å². The zero-order valence-electron chi connectivity index (χ0n) is 9.34. The summed E-state index contributed by atoms with van der Waals surface area (Å²) in [6.45, 7) is 3.16. The third-order valence-corrected chi connectivity index (χ3v) is 2.92. The van der Waals surface area contributed by atoms with Crippen LogP contribution in [0, 0.1) is 5.82 Å². The first kappa shape index (κ1) is 11.5. The second kappa shape index (κ2) is 4.11. The van der Waals surface area contributed by atoms with Crippen molar-refractivity contribution in [3.8, 4) is 0 Å². The maximum Gasteiger partial charge on any atom is 0.133 e. The number of benzene rings is 1. The predicted molar refractivity (Wildman–Crippen MR) is 59.1 cm³/mol. The van der Waals surface area contributed by atoms with E-state index in [1.165, 1.54) is 6.07 Å². The van der Waals surface area contributed by atoms with E-state index >= 15 is 0 Å². The Balaban J connectivity index is 2.08. The van der Waals surface area contributed by atoms with Crippen LogP contribution in [0.15, 0.2) is 18.2 Å². The third kappa shape index (κ3) is 2.23. The molecule has 2 N–H and O–H groups in total. The summed E-state index contributed by atoms with van der Waals surface area (Å²) in [5.74, 6) is -0.275. The van der Waals surface area contributed by atoms with E-state index in [0.29, 0.717) is 25.2 Å². The van der Waals surface area contributed by atoms with Gasteiger partial charge >= 0.3 is 0 Å². The summed E-state index contributed by atoms with van der Waals surface area (Å²) >= 11 is 0. The Hall–Kier alpha value is -1.00. The van der Waals surface area contributed by atoms with Gasteiger partial charge in [-0.25, -0.2) is 8.78 Å². The highest BCUT2D eigenvalue weighted by molar-refractivity contribution is 5.28. The fraction of sp³-hybridized carbons (Fsp3) is 0.500. The van der Waals surface area contributed by atoms with Gasteiger partial charge in [-0.05, 0) is 18.6 Å². The molecule has 88 valence electrons. The number of hydrogen-bond acceptors (Lipinski definition) is 2. The molecule has 0 amide bonds. The van der Waals surface area contributed by atoms with Crippen LogP contribution in [0.5, 0.6) is 0 Å². The molecular formula is C12H16F2N2. The number of likely N-dealkylation sites (tertiary alicyclic amines) is 1. The van der Waals surface area contributed by atoms with Crippen molar-refractivity contribution in [1.82, 2.24) is 4.90 Å². The molecule has 4 heteroatoms. The standard InChI is InChI=1S/C12H16F2N2/c1-12(14)7-16(8-12)6-9-3-2-4-11(13)10(9)5-15/h2-4H,5-8,15H2,1H3. The van der Waals surface area contributed by atoms with E-state index in [0.717, 1.165) is 5.56 Å². The molecule has 0 aromatic heterocycles. The van der Waals surface area contributed by atoms with E-state index in [2.05, 4.69) is 0 Å². The Kier molecular flexibility index (Phi) is 2.95. The van der Waals surface area contributed by atoms with Crippen LogP contribution in [0.4, 0.5) is 8.78 Å². The average Bonchev–Trinajstić information content (AvgIpc) is 2.15. The Labute approximate surface area is 94.0 Å². The molecule has 0 unspecified atom stereocenters. The summed E-state index contributed by atoms with van der Waals surface area (Å²) < 4.78 is 26.7. The zero-order chi connectivity index (χ0) is 11.8. The first-order valence-electron chi connectivity index (χ1n) is 5.39. The lowest BCUT2D eigenvalue weighted by Crippen LogP contribution is -2.56. The molecule has 0 atom stereocenters. The van der Waals surface area contributed by atoms with E-state index in [1.54, 1.807) is 13.0 Å². The zero-order valence-corrected chi connectivity index (χ0v) is 9.34. The maximum atomic E-state index is 13.4. The molecule has 2 nitrogen and oxygen atoms in total. The molecule has 1 aromatic carbocycles. The molecule has 0 saturated carbocycles. The molecule has 0 aliphatic carbocycles. The van der Waals surface area contributed by atoms with Gasteiger partial charge in [0.05, 0.1) is 0 Å². The topological polar surface area (TPSA) is 29.3 Å². The van der Waals surface area contributed by atoms with Crippen LogP contribution in [-0.2, 0) is 13.1 Å². The lowest BCUT2D eigenvalue weighted by atomic mass is 9.97. The Bertz CT molecular complexity index is 383. The number of hydrogen-bond donors (Lipinski definition) is 1. The Morgan fingerprint density at radius 2 is 2.12 bits per heavy atom. The second-order valence-electron chi connectivity index (χ2n) is 4.64. The van der Waals surface area contributed by atoms with Gasteiger partial charge in [-0.1, -0.05) is 12.1 Å². The molecule has 2 rings (SSSR count). The molecule has 1 aliphatic rings. The lowest BCUT2D eigenvalue weighted by Gasteiger charge is -2.42. The van der Waals surface area contributed by atoms with Crippen LogP contribution < -0.4 is 5.73 Å². The summed E-state index contributed by atoms with van der Waals surface area (Å²) in [5.41, 5.74) is 5.82. The monoisotopic (exact) mass is 226 g/mol. The normalized spacial score (nSPS) is 19.5. The van der Waals surface area contributed by atoms with Crippen molar-refractivity contribution < 1.29 is 8.78 Å². The summed E-state index contributed by atoms with van der Waals surface area (Å²) in [6.07, 6.45) is 0. The number of rotatable bonds is 3. The van der Waals surface area contributed by atoms with E-state index in [4.69, 9.17) is 5.73 Å². The van der Waals surface area contributed by atoms with Crippen molar-refractivity contribution >= 4 is 0 Å². The molecule has 0 bridgehead atoms. The first-order chi connectivity index (χ1) is 7.52. The second-order valence-corrected chi connectivity index (χ2v) is 4.64. The predicted octanol–water partition coefficient (Wildman–Crippen LogP) is 1.83. The molecule has 1 heterocycles. The van der Waals surface area contributed by atoms with Gasteiger partial charge in [-0.2, -0.15) is 0 Å². The molecule has 0 spiro atoms. The molecule has 1 saturated heterocycles. The van der Waals surface area contributed by atoms with Gasteiger partial charge in [-0.3, -0.25) is 4.90 Å². The third-order valence-electron chi connectivity index (χ3n) is 2.92. The van der Waals surface area contributed by atoms with Crippen molar-refractivity contribution in [2.45, 2.75) is 25.7 Å². The minimum atomic E-state index is -1.09. The van der Waals surface area contributed by atoms with Crippen LogP contribution >= 0.6 is 0 Å². The number of nitrogens with zero attached hydrogens (tertiary/aromatic N) is 1. The fourth-order valence-corrected chi connectivity index (χ4v) is 2.22. The van der Waals surface area contributed by atoms with E-state index in [-0.39, 0.29) is 12.4 Å². The molecule has 1 aliphatic heterocycles. The van der Waals surface area contributed by atoms with Crippen LogP contribution in [0.2, 0.25) is 0 Å². The summed E-state index contributed by atoms with van der Waals surface area (Å²) in [4.78, 5) is 1.95. The van der Waals surface area contributed by atoms with Crippen LogP contribution in [0.1, 0.15) is 18.1 Å². The highest BCUT2D eigenvalue weighted by Crippen LogP contribution is 2.27. The van der Waals surface area contributed by atoms with Gasteiger partial charge in [0.15, 0.2) is 0 Å². The first-order valence-corrected chi connectivity index (χ1v) is 5.39. The molecule has 16 heavy (non-hydrogen) atoms. The van der Waals surface area contributed by atoms with Crippen LogP contribution in [-0.4, -0.2) is 23.7 Å². The maximum absolute atomic E-state index is 13.4. The quantitative estimate of drug-likeness (QED) is 0.852. The van der Waals surface area contributed by atoms with Crippen molar-refractivity contribution in [3.05, 3.63) is 35.1 Å². The van der Waals surface area contributed by atoms with Crippen molar-refractivity contribution in [1.29, 1.82) is 0 Å². The SMILES string of the molecule is CC1(F)CN(Cc2cccc(F)c2CN)C1. The van der Waals surface area contributed by atoms with Gasteiger partial charge in [0.1, 0.15) is 11.5 Å². The van der Waals surface area contributed by atoms with Gasteiger partial charge in [0.2, 0.25) is 0 Å². The van der Waals surface area contributed by atoms with Crippen molar-refractivity contribution in [2.75, 3.05) is 13.1 Å². The van der Waals surface area contributed by atoms with Crippen molar-refractivity contribution in [2.24, 2.45) is 5.73 Å². The fourth-order valence-electron chi connectivity index (χ4n) is 2.22. The highest BCUT2D eigenvalue weighted by Gasteiger charge is 2.38. The Morgan fingerprint density at radius 1 is 1.44 bits per heavy atom. The average molecular weight is 226 g/mol. The van der Waals surface area contributed by atoms with Crippen molar-refractivity contribution in [3.63, 3.8) is 0 Å². The number of alkyl halides is 1. The van der Waals surface area contributed by atoms with Gasteiger partial charge < -0.3 is 5.73 Å². The molecule has 0 radical (unpaired) electrons. The molecule has 1 aromatic rings. The molecular weight excluding hydrogens is 210 g/mol. The smallest absolute Gasteiger partial charge is 0.133 e. The van der Waals surface area contributed by atoms with E-state index < -0.39 is 5.67 Å². The highest BCUT2D eigenvalue weighted by atomic mass is 19.1. The van der Waals surface area contributed by atoms with E-state index in [1.807, 2.05) is 11.0 Å².